The minimum absolute atomic E-state index is 0.179. The number of aromatic amines is 1. The Morgan fingerprint density at radius 2 is 2.00 bits per heavy atom. The van der Waals surface area contributed by atoms with Gasteiger partial charge in [-0.15, -0.1) is 0 Å². The Kier molecular flexibility index (Phi) is 3.22. The van der Waals surface area contributed by atoms with Crippen LogP contribution in [0.25, 0.3) is 22.2 Å². The zero-order chi connectivity index (χ0) is 15.0. The highest BCUT2D eigenvalue weighted by molar-refractivity contribution is 6.04. The zero-order valence-corrected chi connectivity index (χ0v) is 11.7. The molecule has 0 aliphatic carbocycles. The van der Waals surface area contributed by atoms with Gasteiger partial charge in [-0.25, -0.2) is 4.39 Å². The van der Waals surface area contributed by atoms with Crippen LogP contribution in [0.5, 0.6) is 5.75 Å². The third-order valence-electron chi connectivity index (χ3n) is 3.55. The average molecular weight is 283 g/mol. The number of ether oxygens (including phenoxy) is 1. The van der Waals surface area contributed by atoms with Gasteiger partial charge in [-0.05, 0) is 37.3 Å². The number of carbonyl (C=O) groups is 1. The Hall–Kier alpha value is -2.62. The second-order valence-corrected chi connectivity index (χ2v) is 4.93. The minimum Gasteiger partial charge on any atom is -0.494 e. The smallest absolute Gasteiger partial charge is 0.165 e. The Morgan fingerprint density at radius 3 is 2.67 bits per heavy atom. The van der Waals surface area contributed by atoms with Crippen LogP contribution in [0, 0.1) is 12.7 Å². The van der Waals surface area contributed by atoms with Crippen LogP contribution < -0.4 is 4.74 Å². The van der Waals surface area contributed by atoms with Gasteiger partial charge in [0.05, 0.1) is 12.8 Å². The number of hydrogen-bond acceptors (Lipinski definition) is 2. The van der Waals surface area contributed by atoms with E-state index in [1.165, 1.54) is 13.2 Å². The van der Waals surface area contributed by atoms with Crippen molar-refractivity contribution in [3.05, 3.63) is 53.3 Å². The quantitative estimate of drug-likeness (QED) is 0.735. The normalized spacial score (nSPS) is 10.8. The van der Waals surface area contributed by atoms with E-state index in [9.17, 15) is 9.18 Å². The van der Waals surface area contributed by atoms with Gasteiger partial charge in [0, 0.05) is 22.0 Å². The van der Waals surface area contributed by atoms with E-state index < -0.39 is 5.82 Å². The number of methoxy groups -OCH3 is 1. The van der Waals surface area contributed by atoms with Crippen LogP contribution in [0.4, 0.5) is 4.39 Å². The van der Waals surface area contributed by atoms with Gasteiger partial charge in [0.25, 0.3) is 0 Å². The standard InChI is InChI=1S/C17H14FNO2/c1-10-3-5-15-12(7-10)13(9-20)17(19-15)11-4-6-16(21-2)14(18)8-11/h3-9,19H,1-2H3. The highest BCUT2D eigenvalue weighted by atomic mass is 19.1. The van der Waals surface area contributed by atoms with Gasteiger partial charge in [-0.2, -0.15) is 0 Å². The molecule has 3 nitrogen and oxygen atoms in total. The Bertz CT molecular complexity index is 836. The van der Waals surface area contributed by atoms with E-state index >= 15 is 0 Å². The second-order valence-electron chi connectivity index (χ2n) is 4.93. The van der Waals surface area contributed by atoms with E-state index in [1.54, 1.807) is 12.1 Å². The lowest BCUT2D eigenvalue weighted by atomic mass is 10.0. The molecule has 106 valence electrons. The van der Waals surface area contributed by atoms with Gasteiger partial charge in [0.15, 0.2) is 17.9 Å². The molecule has 1 heterocycles. The monoisotopic (exact) mass is 283 g/mol. The molecule has 0 fully saturated rings. The van der Waals surface area contributed by atoms with E-state index in [0.29, 0.717) is 16.8 Å². The fraction of sp³-hybridized carbons (Fsp3) is 0.118. The van der Waals surface area contributed by atoms with Crippen LogP contribution in [0.2, 0.25) is 0 Å². The van der Waals surface area contributed by atoms with Crippen molar-refractivity contribution >= 4 is 17.2 Å². The van der Waals surface area contributed by atoms with Crippen molar-refractivity contribution < 1.29 is 13.9 Å². The maximum absolute atomic E-state index is 13.9. The first-order valence-corrected chi connectivity index (χ1v) is 6.55. The molecule has 0 bridgehead atoms. The van der Waals surface area contributed by atoms with Gasteiger partial charge in [-0.3, -0.25) is 4.79 Å². The van der Waals surface area contributed by atoms with Crippen LogP contribution in [-0.4, -0.2) is 18.4 Å². The molecule has 21 heavy (non-hydrogen) atoms. The summed E-state index contributed by atoms with van der Waals surface area (Å²) in [5.74, 6) is -0.278. The predicted molar refractivity (Wildman–Crippen MR) is 80.4 cm³/mol. The maximum atomic E-state index is 13.9. The van der Waals surface area contributed by atoms with Crippen LogP contribution in [0.15, 0.2) is 36.4 Å². The molecule has 0 radical (unpaired) electrons. The zero-order valence-electron chi connectivity index (χ0n) is 11.7. The van der Waals surface area contributed by atoms with Gasteiger partial charge >= 0.3 is 0 Å². The number of aryl methyl sites for hydroxylation is 1. The molecule has 0 atom stereocenters. The first kappa shape index (κ1) is 13.4. The largest absolute Gasteiger partial charge is 0.494 e. The summed E-state index contributed by atoms with van der Waals surface area (Å²) in [6, 6.07) is 10.5. The molecule has 1 N–H and O–H groups in total. The number of halogens is 1. The molecule has 0 unspecified atom stereocenters. The van der Waals surface area contributed by atoms with Crippen molar-refractivity contribution in [2.24, 2.45) is 0 Å². The Morgan fingerprint density at radius 1 is 1.19 bits per heavy atom. The second kappa shape index (κ2) is 5.05. The number of carbonyl (C=O) groups excluding carboxylic acids is 1. The summed E-state index contributed by atoms with van der Waals surface area (Å²) in [6.07, 6.45) is 0.801. The highest BCUT2D eigenvalue weighted by Crippen LogP contribution is 2.31. The van der Waals surface area contributed by atoms with E-state index in [4.69, 9.17) is 4.74 Å². The van der Waals surface area contributed by atoms with Crippen molar-refractivity contribution in [1.82, 2.24) is 4.98 Å². The van der Waals surface area contributed by atoms with E-state index in [1.807, 2.05) is 25.1 Å². The molecule has 3 aromatic rings. The SMILES string of the molecule is COc1ccc(-c2[nH]c3ccc(C)cc3c2C=O)cc1F. The molecule has 0 aliphatic rings. The van der Waals surface area contributed by atoms with Gasteiger partial charge < -0.3 is 9.72 Å². The fourth-order valence-electron chi connectivity index (χ4n) is 2.50. The number of hydrogen-bond donors (Lipinski definition) is 1. The number of benzene rings is 2. The van der Waals surface area contributed by atoms with Crippen LogP contribution in [0.3, 0.4) is 0 Å². The van der Waals surface area contributed by atoms with Crippen molar-refractivity contribution in [2.75, 3.05) is 7.11 Å². The molecular formula is C17H14FNO2. The molecule has 0 amide bonds. The number of fused-ring (bicyclic) bond motifs is 1. The molecular weight excluding hydrogens is 269 g/mol. The average Bonchev–Trinajstić information content (AvgIpc) is 2.84. The van der Waals surface area contributed by atoms with E-state index in [0.717, 1.165) is 22.8 Å². The highest BCUT2D eigenvalue weighted by Gasteiger charge is 2.14. The molecule has 0 aliphatic heterocycles. The number of aldehydes is 1. The molecule has 2 aromatic carbocycles. The molecule has 3 rings (SSSR count). The van der Waals surface area contributed by atoms with E-state index in [2.05, 4.69) is 4.98 Å². The van der Waals surface area contributed by atoms with Crippen LogP contribution in [0.1, 0.15) is 15.9 Å². The van der Waals surface area contributed by atoms with Gasteiger partial charge in [-0.1, -0.05) is 11.6 Å². The maximum Gasteiger partial charge on any atom is 0.165 e. The minimum atomic E-state index is -0.457. The molecule has 0 spiro atoms. The summed E-state index contributed by atoms with van der Waals surface area (Å²) >= 11 is 0. The Balaban J connectivity index is 2.24. The number of rotatable bonds is 3. The molecule has 1 aromatic heterocycles. The lowest BCUT2D eigenvalue weighted by molar-refractivity contribution is 0.112. The summed E-state index contributed by atoms with van der Waals surface area (Å²) < 4.78 is 18.8. The number of nitrogens with one attached hydrogen (secondary N) is 1. The first-order chi connectivity index (χ1) is 10.1. The van der Waals surface area contributed by atoms with Gasteiger partial charge in [0.1, 0.15) is 0 Å². The summed E-state index contributed by atoms with van der Waals surface area (Å²) in [7, 11) is 1.42. The van der Waals surface area contributed by atoms with Crippen molar-refractivity contribution in [3.63, 3.8) is 0 Å². The van der Waals surface area contributed by atoms with Crippen LogP contribution in [-0.2, 0) is 0 Å². The lowest BCUT2D eigenvalue weighted by Crippen LogP contribution is -1.90. The molecule has 4 heteroatoms. The summed E-state index contributed by atoms with van der Waals surface area (Å²) in [6.45, 7) is 1.97. The van der Waals surface area contributed by atoms with Crippen molar-refractivity contribution in [3.8, 4) is 17.0 Å². The Labute approximate surface area is 121 Å². The predicted octanol–water partition coefficient (Wildman–Crippen LogP) is 4.10. The first-order valence-electron chi connectivity index (χ1n) is 6.55. The third-order valence-corrected chi connectivity index (χ3v) is 3.55. The summed E-state index contributed by atoms with van der Waals surface area (Å²) in [4.78, 5) is 14.6. The fourth-order valence-corrected chi connectivity index (χ4v) is 2.50. The van der Waals surface area contributed by atoms with E-state index in [-0.39, 0.29) is 5.75 Å². The topological polar surface area (TPSA) is 42.1 Å². The summed E-state index contributed by atoms with van der Waals surface area (Å²) in [5, 5.41) is 0.844. The van der Waals surface area contributed by atoms with Crippen LogP contribution >= 0.6 is 0 Å². The molecule has 0 saturated heterocycles. The van der Waals surface area contributed by atoms with Gasteiger partial charge in [0.2, 0.25) is 0 Å². The third kappa shape index (κ3) is 2.18. The van der Waals surface area contributed by atoms with Crippen molar-refractivity contribution in [2.45, 2.75) is 6.92 Å². The number of H-pyrrole nitrogens is 1. The number of aromatic nitrogens is 1. The lowest BCUT2D eigenvalue weighted by Gasteiger charge is -2.04. The summed E-state index contributed by atoms with van der Waals surface area (Å²) in [5.41, 5.74) is 3.70. The molecule has 0 saturated carbocycles. The van der Waals surface area contributed by atoms with Crippen molar-refractivity contribution in [1.29, 1.82) is 0 Å².